The smallest absolute Gasteiger partial charge is 0.414 e. The number of carbonyl (C=O) groups is 2. The lowest BCUT2D eigenvalue weighted by molar-refractivity contribution is -0.159. The number of hydrogen-bond acceptors (Lipinski definition) is 5. The Kier molecular flexibility index (Phi) is 4.36. The standard InChI is InChI=1S/C10H16N2S.C2H2O4/c1-8-12(4-5-13-8)10-6-9-2-3-11(10)7-9;3-1(4)2(5)6/h4-5,8-10H,2-3,6-7H2,1H3;(H,3,4)(H,5,6). The predicted octanol–water partition coefficient (Wildman–Crippen LogP) is 1.06. The van der Waals surface area contributed by atoms with Gasteiger partial charge >= 0.3 is 11.9 Å². The van der Waals surface area contributed by atoms with Crippen molar-refractivity contribution in [3.05, 3.63) is 11.6 Å². The fraction of sp³-hybridized carbons (Fsp3) is 0.667. The second kappa shape index (κ2) is 5.83. The maximum absolute atomic E-state index is 9.10. The zero-order chi connectivity index (χ0) is 14.0. The van der Waals surface area contributed by atoms with Gasteiger partial charge < -0.3 is 15.1 Å². The van der Waals surface area contributed by atoms with Gasteiger partial charge in [0.15, 0.2) is 0 Å². The first-order valence-corrected chi connectivity index (χ1v) is 7.23. The Bertz CT molecular complexity index is 389. The molecule has 6 nitrogen and oxygen atoms in total. The molecule has 2 bridgehead atoms. The van der Waals surface area contributed by atoms with Crippen LogP contribution in [0.3, 0.4) is 0 Å². The summed E-state index contributed by atoms with van der Waals surface area (Å²) >= 11 is 1.94. The molecule has 2 N–H and O–H groups in total. The van der Waals surface area contributed by atoms with Gasteiger partial charge in [0.2, 0.25) is 0 Å². The van der Waals surface area contributed by atoms with Crippen LogP contribution in [0.1, 0.15) is 19.8 Å². The van der Waals surface area contributed by atoms with E-state index in [1.165, 1.54) is 25.9 Å². The molecule has 3 aliphatic rings. The van der Waals surface area contributed by atoms with Crippen molar-refractivity contribution in [2.75, 3.05) is 13.1 Å². The van der Waals surface area contributed by atoms with Crippen molar-refractivity contribution < 1.29 is 19.8 Å². The van der Waals surface area contributed by atoms with Gasteiger partial charge in [-0.15, -0.1) is 11.8 Å². The molecule has 4 unspecified atom stereocenters. The first-order valence-electron chi connectivity index (χ1n) is 6.29. The van der Waals surface area contributed by atoms with Crippen LogP contribution in [0.4, 0.5) is 0 Å². The molecule has 106 valence electrons. The number of thioether (sulfide) groups is 1. The first-order chi connectivity index (χ1) is 8.99. The van der Waals surface area contributed by atoms with E-state index in [0.717, 1.165) is 12.1 Å². The number of carboxylic acid groups (broad SMARTS) is 2. The third-order valence-electron chi connectivity index (χ3n) is 3.74. The highest BCUT2D eigenvalue weighted by atomic mass is 32.2. The summed E-state index contributed by atoms with van der Waals surface area (Å²) in [6.45, 7) is 4.99. The molecule has 4 atom stereocenters. The Hall–Kier alpha value is -1.21. The second-order valence-corrected chi connectivity index (χ2v) is 6.17. The highest BCUT2D eigenvalue weighted by Gasteiger charge is 2.41. The minimum atomic E-state index is -1.82. The molecule has 0 aromatic heterocycles. The van der Waals surface area contributed by atoms with Crippen LogP contribution in [0.2, 0.25) is 0 Å². The Morgan fingerprint density at radius 3 is 2.37 bits per heavy atom. The lowest BCUT2D eigenvalue weighted by Gasteiger charge is -2.36. The molecule has 7 heteroatoms. The Labute approximate surface area is 116 Å². The summed E-state index contributed by atoms with van der Waals surface area (Å²) in [5.74, 6) is -2.65. The van der Waals surface area contributed by atoms with Gasteiger partial charge in [-0.2, -0.15) is 0 Å². The number of hydrogen-bond donors (Lipinski definition) is 2. The van der Waals surface area contributed by atoms with Crippen LogP contribution in [0.5, 0.6) is 0 Å². The first kappa shape index (κ1) is 14.2. The van der Waals surface area contributed by atoms with E-state index < -0.39 is 11.9 Å². The molecule has 3 heterocycles. The summed E-state index contributed by atoms with van der Waals surface area (Å²) in [7, 11) is 0. The number of piperidine rings is 1. The molecule has 19 heavy (non-hydrogen) atoms. The molecule has 3 rings (SSSR count). The van der Waals surface area contributed by atoms with Gasteiger partial charge in [-0.3, -0.25) is 4.90 Å². The molecule has 2 saturated heterocycles. The molecule has 0 aromatic carbocycles. The van der Waals surface area contributed by atoms with E-state index in [1.54, 1.807) is 0 Å². The minimum absolute atomic E-state index is 0.657. The lowest BCUT2D eigenvalue weighted by Crippen LogP contribution is -2.44. The Morgan fingerprint density at radius 2 is 2.00 bits per heavy atom. The number of rotatable bonds is 1. The van der Waals surface area contributed by atoms with E-state index >= 15 is 0 Å². The summed E-state index contributed by atoms with van der Waals surface area (Å²) in [6.07, 6.45) is 5.84. The molecule has 2 fully saturated rings. The normalized spacial score (nSPS) is 35.1. The molecule has 0 spiro atoms. The summed E-state index contributed by atoms with van der Waals surface area (Å²) in [4.78, 5) is 23.4. The molecule has 0 saturated carbocycles. The highest BCUT2D eigenvalue weighted by Crippen LogP contribution is 2.38. The molecular weight excluding hydrogens is 268 g/mol. The van der Waals surface area contributed by atoms with E-state index in [9.17, 15) is 0 Å². The Balaban J connectivity index is 0.000000192. The molecule has 0 amide bonds. The molecule has 3 aliphatic heterocycles. The average molecular weight is 286 g/mol. The molecular formula is C12H18N2O4S. The second-order valence-electron chi connectivity index (χ2n) is 4.94. The van der Waals surface area contributed by atoms with Gasteiger partial charge in [0.05, 0.1) is 11.5 Å². The third-order valence-corrected chi connectivity index (χ3v) is 4.65. The zero-order valence-corrected chi connectivity index (χ0v) is 11.5. The maximum atomic E-state index is 9.10. The van der Waals surface area contributed by atoms with Crippen LogP contribution in [0, 0.1) is 5.92 Å². The number of aliphatic carboxylic acids is 2. The largest absolute Gasteiger partial charge is 0.473 e. The van der Waals surface area contributed by atoms with Crippen molar-refractivity contribution in [3.63, 3.8) is 0 Å². The Morgan fingerprint density at radius 1 is 1.32 bits per heavy atom. The van der Waals surface area contributed by atoms with Gasteiger partial charge in [0.1, 0.15) is 0 Å². The van der Waals surface area contributed by atoms with Crippen LogP contribution in [0.15, 0.2) is 11.6 Å². The topological polar surface area (TPSA) is 81.1 Å². The SMILES string of the molecule is CC1SC=CN1C1CC2CCN1C2.O=C(O)C(=O)O. The van der Waals surface area contributed by atoms with Crippen molar-refractivity contribution in [2.45, 2.75) is 31.3 Å². The summed E-state index contributed by atoms with van der Waals surface area (Å²) < 4.78 is 0. The van der Waals surface area contributed by atoms with E-state index in [1.807, 2.05) is 11.8 Å². The highest BCUT2D eigenvalue weighted by molar-refractivity contribution is 8.02. The quantitative estimate of drug-likeness (QED) is 0.697. The van der Waals surface area contributed by atoms with Crippen LogP contribution in [-0.2, 0) is 9.59 Å². The molecule has 0 aliphatic carbocycles. The van der Waals surface area contributed by atoms with E-state index in [4.69, 9.17) is 19.8 Å². The maximum Gasteiger partial charge on any atom is 0.414 e. The van der Waals surface area contributed by atoms with Crippen molar-refractivity contribution >= 4 is 23.7 Å². The van der Waals surface area contributed by atoms with Gasteiger partial charge in [-0.25, -0.2) is 9.59 Å². The van der Waals surface area contributed by atoms with Gasteiger partial charge in [-0.1, -0.05) is 0 Å². The minimum Gasteiger partial charge on any atom is -0.473 e. The number of carboxylic acids is 2. The van der Waals surface area contributed by atoms with E-state index in [2.05, 4.69) is 28.3 Å². The van der Waals surface area contributed by atoms with Crippen molar-refractivity contribution in [1.82, 2.24) is 9.80 Å². The van der Waals surface area contributed by atoms with Crippen LogP contribution in [0.25, 0.3) is 0 Å². The number of fused-ring (bicyclic) bond motifs is 2. The summed E-state index contributed by atoms with van der Waals surface area (Å²) in [5.41, 5.74) is 0. The molecule has 0 aromatic rings. The zero-order valence-electron chi connectivity index (χ0n) is 10.7. The van der Waals surface area contributed by atoms with Crippen molar-refractivity contribution in [2.24, 2.45) is 5.92 Å². The number of nitrogens with zero attached hydrogens (tertiary/aromatic N) is 2. The predicted molar refractivity (Wildman–Crippen MR) is 71.4 cm³/mol. The van der Waals surface area contributed by atoms with Crippen molar-refractivity contribution in [1.29, 1.82) is 0 Å². The van der Waals surface area contributed by atoms with Gasteiger partial charge in [-0.05, 0) is 31.1 Å². The van der Waals surface area contributed by atoms with Crippen LogP contribution < -0.4 is 0 Å². The van der Waals surface area contributed by atoms with Gasteiger partial charge in [0.25, 0.3) is 0 Å². The van der Waals surface area contributed by atoms with E-state index in [0.29, 0.717) is 5.37 Å². The van der Waals surface area contributed by atoms with Crippen LogP contribution in [-0.4, -0.2) is 56.6 Å². The fourth-order valence-corrected chi connectivity index (χ4v) is 3.62. The van der Waals surface area contributed by atoms with Crippen LogP contribution >= 0.6 is 11.8 Å². The van der Waals surface area contributed by atoms with E-state index in [-0.39, 0.29) is 0 Å². The lowest BCUT2D eigenvalue weighted by atomic mass is 10.0. The third kappa shape index (κ3) is 3.22. The van der Waals surface area contributed by atoms with Crippen molar-refractivity contribution in [3.8, 4) is 0 Å². The fourth-order valence-electron chi connectivity index (χ4n) is 2.84. The monoisotopic (exact) mass is 286 g/mol. The summed E-state index contributed by atoms with van der Waals surface area (Å²) in [5, 5.41) is 17.7. The summed E-state index contributed by atoms with van der Waals surface area (Å²) in [6, 6.07) is 0. The molecule has 0 radical (unpaired) electrons. The van der Waals surface area contributed by atoms with Gasteiger partial charge in [0, 0.05) is 19.3 Å². The average Bonchev–Trinajstić information content (AvgIpc) is 3.04.